The number of H-pyrrole nitrogens is 1. The Balaban J connectivity index is 1.90. The van der Waals surface area contributed by atoms with E-state index in [4.69, 9.17) is 4.74 Å². The molecule has 1 heterocycles. The van der Waals surface area contributed by atoms with Crippen LogP contribution in [0.4, 0.5) is 5.69 Å². The number of pyridine rings is 1. The van der Waals surface area contributed by atoms with Gasteiger partial charge in [0.2, 0.25) is 11.3 Å². The first-order chi connectivity index (χ1) is 13.4. The number of carbonyl (C=O) groups is 1. The van der Waals surface area contributed by atoms with Gasteiger partial charge < -0.3 is 14.8 Å². The van der Waals surface area contributed by atoms with E-state index in [-0.39, 0.29) is 16.9 Å². The lowest BCUT2D eigenvalue weighted by Crippen LogP contribution is -2.20. The van der Waals surface area contributed by atoms with Crippen molar-refractivity contribution in [1.82, 2.24) is 10.4 Å². The number of amides is 1. The number of fused-ring (bicyclic) bond motifs is 1. The van der Waals surface area contributed by atoms with Crippen molar-refractivity contribution in [1.29, 1.82) is 0 Å². The van der Waals surface area contributed by atoms with Crippen molar-refractivity contribution in [3.63, 3.8) is 0 Å². The van der Waals surface area contributed by atoms with Crippen LogP contribution >= 0.6 is 0 Å². The van der Waals surface area contributed by atoms with E-state index >= 15 is 0 Å². The number of methoxy groups -OCH3 is 1. The minimum atomic E-state index is -0.768. The average molecular weight is 382 g/mol. The van der Waals surface area contributed by atoms with Crippen molar-refractivity contribution in [3.8, 4) is 11.5 Å². The van der Waals surface area contributed by atoms with E-state index < -0.39 is 27.8 Å². The Labute approximate surface area is 157 Å². The maximum atomic E-state index is 12.4. The van der Waals surface area contributed by atoms with Crippen molar-refractivity contribution in [2.75, 3.05) is 7.11 Å². The summed E-state index contributed by atoms with van der Waals surface area (Å²) in [5.74, 6) is -1.14. The van der Waals surface area contributed by atoms with Crippen LogP contribution in [0.2, 0.25) is 0 Å². The number of carbonyl (C=O) groups excluding carboxylic acids is 1. The van der Waals surface area contributed by atoms with Gasteiger partial charge >= 0.3 is 5.69 Å². The summed E-state index contributed by atoms with van der Waals surface area (Å²) in [6.45, 7) is 0. The quantitative estimate of drug-likeness (QED) is 0.349. The van der Waals surface area contributed by atoms with Crippen LogP contribution in [-0.2, 0) is 0 Å². The molecule has 0 unspecified atom stereocenters. The fraction of sp³-hybridized carbons (Fsp3) is 0.0556. The third-order valence-electron chi connectivity index (χ3n) is 3.89. The van der Waals surface area contributed by atoms with E-state index in [1.165, 1.54) is 13.2 Å². The second-order valence-corrected chi connectivity index (χ2v) is 5.63. The van der Waals surface area contributed by atoms with E-state index in [9.17, 15) is 24.8 Å². The second-order valence-electron chi connectivity index (χ2n) is 5.63. The number of nitro groups is 1. The molecule has 0 aliphatic rings. The third kappa shape index (κ3) is 3.65. The van der Waals surface area contributed by atoms with Crippen LogP contribution in [0.25, 0.3) is 10.9 Å². The number of rotatable bonds is 5. The number of benzene rings is 2. The number of aromatic hydroxyl groups is 1. The number of para-hydroxylation sites is 1. The largest absolute Gasteiger partial charge is 0.502 e. The van der Waals surface area contributed by atoms with Gasteiger partial charge in [-0.05, 0) is 12.1 Å². The predicted octanol–water partition coefficient (Wildman–Crippen LogP) is 1.91. The molecule has 3 N–H and O–H groups in total. The van der Waals surface area contributed by atoms with E-state index in [2.05, 4.69) is 15.5 Å². The minimum absolute atomic E-state index is 0.0258. The first-order valence-electron chi connectivity index (χ1n) is 7.91. The molecule has 0 radical (unpaired) electrons. The van der Waals surface area contributed by atoms with E-state index in [1.807, 2.05) is 0 Å². The lowest BCUT2D eigenvalue weighted by Gasteiger charge is -2.06. The van der Waals surface area contributed by atoms with Crippen LogP contribution in [0.1, 0.15) is 15.9 Å². The Bertz CT molecular complexity index is 1170. The highest BCUT2D eigenvalue weighted by Gasteiger charge is 2.19. The number of phenolic OH excluding ortho intramolecular Hbond substituents is 1. The molecule has 3 rings (SSSR count). The molecule has 0 aliphatic carbocycles. The lowest BCUT2D eigenvalue weighted by molar-refractivity contribution is -0.385. The Hall–Kier alpha value is -4.21. The Morgan fingerprint density at radius 2 is 2.07 bits per heavy atom. The Morgan fingerprint density at radius 1 is 1.32 bits per heavy atom. The molecule has 0 atom stereocenters. The minimum Gasteiger partial charge on any atom is -0.502 e. The highest BCUT2D eigenvalue weighted by Crippen LogP contribution is 2.33. The molecule has 0 saturated carbocycles. The normalized spacial score (nSPS) is 10.9. The lowest BCUT2D eigenvalue weighted by atomic mass is 10.1. The summed E-state index contributed by atoms with van der Waals surface area (Å²) >= 11 is 0. The Kier molecular flexibility index (Phi) is 5.03. The highest BCUT2D eigenvalue weighted by molar-refractivity contribution is 6.06. The first-order valence-corrected chi connectivity index (χ1v) is 7.91. The molecular formula is C18H14N4O6. The van der Waals surface area contributed by atoms with Gasteiger partial charge in [0.05, 0.1) is 29.9 Å². The number of hydrogen-bond acceptors (Lipinski definition) is 7. The summed E-state index contributed by atoms with van der Waals surface area (Å²) in [6.07, 6.45) is 1.04. The van der Waals surface area contributed by atoms with Crippen LogP contribution in [0, 0.1) is 10.1 Å². The van der Waals surface area contributed by atoms with E-state index in [1.54, 1.807) is 24.3 Å². The molecule has 0 spiro atoms. The second kappa shape index (κ2) is 7.58. The molecule has 0 saturated heterocycles. The monoisotopic (exact) mass is 382 g/mol. The molecule has 0 aliphatic heterocycles. The van der Waals surface area contributed by atoms with Gasteiger partial charge in [0.1, 0.15) is 5.75 Å². The number of nitrogens with one attached hydrogen (secondary N) is 2. The molecule has 1 amide bonds. The van der Waals surface area contributed by atoms with E-state index in [0.29, 0.717) is 10.9 Å². The van der Waals surface area contributed by atoms with Crippen molar-refractivity contribution < 1.29 is 19.6 Å². The number of nitro benzene ring substituents is 1. The molecule has 2 aromatic carbocycles. The van der Waals surface area contributed by atoms with Gasteiger partial charge in [0.15, 0.2) is 0 Å². The zero-order valence-electron chi connectivity index (χ0n) is 14.5. The van der Waals surface area contributed by atoms with Crippen LogP contribution in [0.5, 0.6) is 11.5 Å². The Morgan fingerprint density at radius 3 is 2.79 bits per heavy atom. The molecule has 142 valence electrons. The smallest absolute Gasteiger partial charge is 0.315 e. The van der Waals surface area contributed by atoms with Gasteiger partial charge in [-0.2, -0.15) is 5.10 Å². The topological polar surface area (TPSA) is 147 Å². The van der Waals surface area contributed by atoms with Crippen molar-refractivity contribution in [2.45, 2.75) is 0 Å². The van der Waals surface area contributed by atoms with Gasteiger partial charge in [0, 0.05) is 22.5 Å². The number of nitrogens with zero attached hydrogens (tertiary/aromatic N) is 2. The summed E-state index contributed by atoms with van der Waals surface area (Å²) < 4.78 is 4.96. The maximum absolute atomic E-state index is 12.4. The zero-order chi connectivity index (χ0) is 20.3. The summed E-state index contributed by atoms with van der Waals surface area (Å²) in [5, 5.41) is 25.2. The number of hydrazone groups is 1. The summed E-state index contributed by atoms with van der Waals surface area (Å²) in [4.78, 5) is 37.0. The molecule has 28 heavy (non-hydrogen) atoms. The van der Waals surface area contributed by atoms with Gasteiger partial charge in [-0.3, -0.25) is 19.7 Å². The van der Waals surface area contributed by atoms with Crippen LogP contribution in [0.3, 0.4) is 0 Å². The SMILES string of the molecule is COc1cc(/C=N/NC(=O)c2cc(=O)[nH]c3ccccc23)c(O)c([N+](=O)[O-])c1. The van der Waals surface area contributed by atoms with Gasteiger partial charge in [-0.15, -0.1) is 0 Å². The summed E-state index contributed by atoms with van der Waals surface area (Å²) in [6, 6.07) is 10.3. The van der Waals surface area contributed by atoms with Crippen molar-refractivity contribution in [3.05, 3.63) is 74.1 Å². The fourth-order valence-electron chi connectivity index (χ4n) is 2.58. The van der Waals surface area contributed by atoms with Crippen LogP contribution in [-0.4, -0.2) is 34.2 Å². The average Bonchev–Trinajstić information content (AvgIpc) is 2.68. The van der Waals surface area contributed by atoms with Crippen LogP contribution < -0.4 is 15.7 Å². The number of aromatic amines is 1. The number of ether oxygens (including phenoxy) is 1. The molecule has 10 heteroatoms. The van der Waals surface area contributed by atoms with E-state index in [0.717, 1.165) is 18.3 Å². The number of hydrogen-bond donors (Lipinski definition) is 3. The summed E-state index contributed by atoms with van der Waals surface area (Å²) in [5.41, 5.74) is 1.80. The maximum Gasteiger partial charge on any atom is 0.315 e. The fourth-order valence-corrected chi connectivity index (χ4v) is 2.58. The molecule has 3 aromatic rings. The third-order valence-corrected chi connectivity index (χ3v) is 3.89. The van der Waals surface area contributed by atoms with Gasteiger partial charge in [0.25, 0.3) is 5.91 Å². The first kappa shape index (κ1) is 18.6. The molecular weight excluding hydrogens is 368 g/mol. The standard InChI is InChI=1S/C18H14N4O6/c1-28-11-6-10(17(24)15(7-11)22(26)27)9-19-21-18(25)13-8-16(23)20-14-5-3-2-4-12(13)14/h2-9,24H,1H3,(H,20,23)(H,21,25)/b19-9+. The highest BCUT2D eigenvalue weighted by atomic mass is 16.6. The molecule has 0 bridgehead atoms. The summed E-state index contributed by atoms with van der Waals surface area (Å²) in [7, 11) is 1.32. The van der Waals surface area contributed by atoms with Crippen LogP contribution in [0.15, 0.2) is 52.4 Å². The zero-order valence-corrected chi connectivity index (χ0v) is 14.5. The van der Waals surface area contributed by atoms with Crippen molar-refractivity contribution >= 4 is 28.7 Å². The predicted molar refractivity (Wildman–Crippen MR) is 101 cm³/mol. The molecule has 1 aromatic heterocycles. The molecule has 10 nitrogen and oxygen atoms in total. The van der Waals surface area contributed by atoms with Gasteiger partial charge in [-0.25, -0.2) is 5.43 Å². The number of phenols is 1. The number of aromatic nitrogens is 1. The van der Waals surface area contributed by atoms with Gasteiger partial charge in [-0.1, -0.05) is 18.2 Å². The van der Waals surface area contributed by atoms with Crippen molar-refractivity contribution in [2.24, 2.45) is 5.10 Å². The molecule has 0 fully saturated rings.